The van der Waals surface area contributed by atoms with E-state index in [-0.39, 0.29) is 24.0 Å². The Morgan fingerprint density at radius 1 is 1.21 bits per heavy atom. The van der Waals surface area contributed by atoms with E-state index in [2.05, 4.69) is 41.4 Å². The van der Waals surface area contributed by atoms with E-state index in [1.165, 1.54) is 18.2 Å². The van der Waals surface area contributed by atoms with Crippen LogP contribution in [0, 0.1) is 6.92 Å². The molecule has 5 nitrogen and oxygen atoms in total. The summed E-state index contributed by atoms with van der Waals surface area (Å²) in [4.78, 5) is 26.7. The monoisotopic (exact) mass is 380 g/mol. The molecule has 1 amide bonds. The molecular weight excluding hydrogens is 352 g/mol. The van der Waals surface area contributed by atoms with Crippen LogP contribution in [-0.2, 0) is 16.1 Å². The van der Waals surface area contributed by atoms with E-state index >= 15 is 0 Å². The van der Waals surface area contributed by atoms with Crippen LogP contribution in [0.25, 0.3) is 0 Å². The minimum atomic E-state index is -0.360. The number of carbonyl (C=O) groups is 2. The smallest absolute Gasteiger partial charge is 0.337 e. The van der Waals surface area contributed by atoms with E-state index in [0.29, 0.717) is 5.56 Å². The molecule has 0 saturated carbocycles. The molecule has 0 aromatic heterocycles. The van der Waals surface area contributed by atoms with Gasteiger partial charge in [-0.2, -0.15) is 0 Å². The number of hydrogen-bond acceptors (Lipinski definition) is 4. The van der Waals surface area contributed by atoms with Gasteiger partial charge < -0.3 is 10.1 Å². The highest BCUT2D eigenvalue weighted by Gasteiger charge is 2.31. The number of methoxy groups -OCH3 is 1. The fourth-order valence-electron chi connectivity index (χ4n) is 3.78. The molecule has 1 heterocycles. The summed E-state index contributed by atoms with van der Waals surface area (Å²) in [5.41, 5.74) is 3.95. The van der Waals surface area contributed by atoms with Gasteiger partial charge in [0.1, 0.15) is 0 Å². The maximum Gasteiger partial charge on any atom is 0.337 e. The number of esters is 1. The fourth-order valence-corrected chi connectivity index (χ4v) is 3.78. The second-order valence-corrected chi connectivity index (χ2v) is 7.46. The zero-order chi connectivity index (χ0) is 20.1. The van der Waals surface area contributed by atoms with Crippen LogP contribution in [0.15, 0.2) is 48.5 Å². The molecule has 0 unspecified atom stereocenters. The van der Waals surface area contributed by atoms with Crippen LogP contribution < -0.4 is 5.32 Å². The first-order valence-electron chi connectivity index (χ1n) is 9.76. The fraction of sp³-hybridized carbons (Fsp3) is 0.391. The second-order valence-electron chi connectivity index (χ2n) is 7.46. The predicted octanol–water partition coefficient (Wildman–Crippen LogP) is 3.62. The Balaban J connectivity index is 1.61. The van der Waals surface area contributed by atoms with Crippen LogP contribution in [0.1, 0.15) is 52.9 Å². The highest BCUT2D eigenvalue weighted by atomic mass is 16.5. The number of ether oxygens (including phenoxy) is 1. The van der Waals surface area contributed by atoms with Crippen molar-refractivity contribution in [1.29, 1.82) is 0 Å². The predicted molar refractivity (Wildman–Crippen MR) is 109 cm³/mol. The number of likely N-dealkylation sites (tertiary alicyclic amines) is 1. The summed E-state index contributed by atoms with van der Waals surface area (Å²) in [5.74, 6) is -0.296. The lowest BCUT2D eigenvalue weighted by atomic mass is 10.1. The molecular formula is C23H28N2O3. The lowest BCUT2D eigenvalue weighted by Gasteiger charge is -2.25. The zero-order valence-electron chi connectivity index (χ0n) is 16.8. The van der Waals surface area contributed by atoms with Gasteiger partial charge in [-0.15, -0.1) is 0 Å². The third kappa shape index (κ3) is 4.78. The van der Waals surface area contributed by atoms with Gasteiger partial charge in [0.25, 0.3) is 0 Å². The van der Waals surface area contributed by atoms with Gasteiger partial charge in [-0.1, -0.05) is 42.0 Å². The summed E-state index contributed by atoms with van der Waals surface area (Å²) in [6.45, 7) is 5.78. The zero-order valence-corrected chi connectivity index (χ0v) is 16.8. The first-order chi connectivity index (χ1) is 13.5. The molecule has 0 radical (unpaired) electrons. The lowest BCUT2D eigenvalue weighted by molar-refractivity contribution is -0.126. The number of benzene rings is 2. The number of rotatable bonds is 6. The van der Waals surface area contributed by atoms with E-state index in [0.717, 1.165) is 31.5 Å². The first-order valence-corrected chi connectivity index (χ1v) is 9.76. The number of carbonyl (C=O) groups excluding carboxylic acids is 2. The van der Waals surface area contributed by atoms with E-state index < -0.39 is 0 Å². The third-order valence-corrected chi connectivity index (χ3v) is 5.33. The highest BCUT2D eigenvalue weighted by molar-refractivity contribution is 5.89. The Bertz CT molecular complexity index is 832. The van der Waals surface area contributed by atoms with Gasteiger partial charge in [0.05, 0.1) is 24.8 Å². The minimum Gasteiger partial charge on any atom is -0.465 e. The molecule has 1 N–H and O–H groups in total. The molecule has 2 aromatic rings. The van der Waals surface area contributed by atoms with Gasteiger partial charge in [-0.25, -0.2) is 4.79 Å². The van der Waals surface area contributed by atoms with Crippen LogP contribution in [0.5, 0.6) is 0 Å². The van der Waals surface area contributed by atoms with Crippen molar-refractivity contribution in [1.82, 2.24) is 10.2 Å². The Labute approximate surface area is 166 Å². The second kappa shape index (κ2) is 9.02. The number of aryl methyl sites for hydroxylation is 1. The summed E-state index contributed by atoms with van der Waals surface area (Å²) < 4.78 is 4.72. The third-order valence-electron chi connectivity index (χ3n) is 5.33. The molecule has 1 aliphatic heterocycles. The van der Waals surface area contributed by atoms with Gasteiger partial charge in [-0.3, -0.25) is 9.69 Å². The maximum absolute atomic E-state index is 12.9. The van der Waals surface area contributed by atoms with Crippen LogP contribution in [0.4, 0.5) is 0 Å². The number of nitrogens with one attached hydrogen (secondary N) is 1. The molecule has 0 aliphatic carbocycles. The van der Waals surface area contributed by atoms with E-state index in [9.17, 15) is 9.59 Å². The normalized spacial score (nSPS) is 17.9. The van der Waals surface area contributed by atoms with Gasteiger partial charge in [0.15, 0.2) is 0 Å². The average molecular weight is 380 g/mol. The van der Waals surface area contributed by atoms with Gasteiger partial charge in [0.2, 0.25) is 5.91 Å². The summed E-state index contributed by atoms with van der Waals surface area (Å²) in [5, 5.41) is 3.13. The largest absolute Gasteiger partial charge is 0.465 e. The van der Waals surface area contributed by atoms with Crippen molar-refractivity contribution in [3.63, 3.8) is 0 Å². The summed E-state index contributed by atoms with van der Waals surface area (Å²) in [6.07, 6.45) is 1.91. The minimum absolute atomic E-state index is 0.0645. The quantitative estimate of drug-likeness (QED) is 0.778. The summed E-state index contributed by atoms with van der Waals surface area (Å²) >= 11 is 0. The van der Waals surface area contributed by atoms with Crippen molar-refractivity contribution in [2.24, 2.45) is 0 Å². The molecule has 0 spiro atoms. The van der Waals surface area contributed by atoms with Gasteiger partial charge in [-0.05, 0) is 56.5 Å². The van der Waals surface area contributed by atoms with Crippen LogP contribution in [0.3, 0.4) is 0 Å². The molecule has 148 valence electrons. The standard InChI is InChI=1S/C23H28N2O3/c1-16-6-4-7-18(14-16)15-25-13-5-8-21(25)22(26)24-17(2)19-9-11-20(12-10-19)23(27)28-3/h4,6-7,9-12,14,17,21H,5,8,13,15H2,1-3H3,(H,24,26)/t17-,21+/m0/s1. The summed E-state index contributed by atoms with van der Waals surface area (Å²) in [6, 6.07) is 15.4. The molecule has 2 atom stereocenters. The highest BCUT2D eigenvalue weighted by Crippen LogP contribution is 2.22. The molecule has 5 heteroatoms. The van der Waals surface area contributed by atoms with Crippen LogP contribution >= 0.6 is 0 Å². The Hall–Kier alpha value is -2.66. The Morgan fingerprint density at radius 2 is 1.96 bits per heavy atom. The van der Waals surface area contributed by atoms with Crippen LogP contribution in [-0.4, -0.2) is 36.5 Å². The molecule has 3 rings (SSSR count). The summed E-state index contributed by atoms with van der Waals surface area (Å²) in [7, 11) is 1.36. The van der Waals surface area contributed by atoms with Crippen molar-refractivity contribution in [2.45, 2.75) is 45.3 Å². The molecule has 28 heavy (non-hydrogen) atoms. The molecule has 2 aromatic carbocycles. The average Bonchev–Trinajstić information content (AvgIpc) is 3.15. The maximum atomic E-state index is 12.9. The molecule has 1 saturated heterocycles. The van der Waals surface area contributed by atoms with Crippen LogP contribution in [0.2, 0.25) is 0 Å². The van der Waals surface area contributed by atoms with E-state index in [1.54, 1.807) is 12.1 Å². The Kier molecular flexibility index (Phi) is 6.47. The van der Waals surface area contributed by atoms with Gasteiger partial charge in [0, 0.05) is 6.54 Å². The van der Waals surface area contributed by atoms with Crippen molar-refractivity contribution < 1.29 is 14.3 Å². The number of nitrogens with zero attached hydrogens (tertiary/aromatic N) is 1. The first kappa shape index (κ1) is 20.1. The SMILES string of the molecule is COC(=O)c1ccc([C@H](C)NC(=O)[C@H]2CCCN2Cc2cccc(C)c2)cc1. The van der Waals surface area contributed by atoms with E-state index in [4.69, 9.17) is 4.74 Å². The van der Waals surface area contributed by atoms with Crippen molar-refractivity contribution >= 4 is 11.9 Å². The number of hydrogen-bond donors (Lipinski definition) is 1. The molecule has 1 fully saturated rings. The van der Waals surface area contributed by atoms with Crippen molar-refractivity contribution in [3.8, 4) is 0 Å². The van der Waals surface area contributed by atoms with E-state index in [1.807, 2.05) is 19.1 Å². The molecule has 0 bridgehead atoms. The Morgan fingerprint density at radius 3 is 2.64 bits per heavy atom. The topological polar surface area (TPSA) is 58.6 Å². The van der Waals surface area contributed by atoms with Gasteiger partial charge >= 0.3 is 5.97 Å². The molecule has 1 aliphatic rings. The van der Waals surface area contributed by atoms with Crippen molar-refractivity contribution in [3.05, 3.63) is 70.8 Å². The van der Waals surface area contributed by atoms with Crippen molar-refractivity contribution in [2.75, 3.05) is 13.7 Å². The number of amides is 1. The lowest BCUT2D eigenvalue weighted by Crippen LogP contribution is -2.43.